The lowest BCUT2D eigenvalue weighted by Gasteiger charge is -2.29. The third-order valence-electron chi connectivity index (χ3n) is 4.41. The van der Waals surface area contributed by atoms with Gasteiger partial charge in [0.1, 0.15) is 0 Å². The molecule has 6 nitrogen and oxygen atoms in total. The SMILES string of the molecule is Cc1cc2c(cc1C)C(C(C)OS(C)(=O)=O)N(c1cccnc1)C2=O. The monoisotopic (exact) mass is 360 g/mol. The highest BCUT2D eigenvalue weighted by molar-refractivity contribution is 7.86. The van der Waals surface area contributed by atoms with E-state index in [9.17, 15) is 13.2 Å². The molecule has 2 unspecified atom stereocenters. The molecule has 7 heteroatoms. The van der Waals surface area contributed by atoms with E-state index in [1.807, 2.05) is 26.0 Å². The number of amides is 1. The first-order valence-electron chi connectivity index (χ1n) is 7.92. The summed E-state index contributed by atoms with van der Waals surface area (Å²) in [7, 11) is -3.66. The van der Waals surface area contributed by atoms with Gasteiger partial charge in [-0.15, -0.1) is 0 Å². The molecule has 3 rings (SSSR count). The standard InChI is InChI=1S/C18H20N2O4S/c1-11-8-15-16(9-12(11)2)18(21)20(14-6-5-7-19-10-14)17(15)13(3)24-25(4,22)23/h5-10,13,17H,1-4H3. The van der Waals surface area contributed by atoms with Crippen LogP contribution in [-0.2, 0) is 14.3 Å². The molecule has 0 saturated carbocycles. The molecule has 1 aromatic carbocycles. The van der Waals surface area contributed by atoms with Crippen molar-refractivity contribution in [3.8, 4) is 0 Å². The number of carbonyl (C=O) groups is 1. The number of hydrogen-bond acceptors (Lipinski definition) is 5. The average molecular weight is 360 g/mol. The van der Waals surface area contributed by atoms with Gasteiger partial charge in [0.15, 0.2) is 0 Å². The molecule has 0 aliphatic carbocycles. The van der Waals surface area contributed by atoms with Gasteiger partial charge in [0, 0.05) is 11.8 Å². The van der Waals surface area contributed by atoms with Crippen LogP contribution in [0.1, 0.15) is 40.0 Å². The quantitative estimate of drug-likeness (QED) is 0.784. The minimum atomic E-state index is -3.66. The highest BCUT2D eigenvalue weighted by Gasteiger charge is 2.42. The molecule has 0 saturated heterocycles. The number of nitrogens with zero attached hydrogens (tertiary/aromatic N) is 2. The number of aromatic nitrogens is 1. The number of aryl methyl sites for hydroxylation is 2. The summed E-state index contributed by atoms with van der Waals surface area (Å²) in [5.74, 6) is -0.181. The van der Waals surface area contributed by atoms with Crippen LogP contribution >= 0.6 is 0 Å². The molecular weight excluding hydrogens is 340 g/mol. The van der Waals surface area contributed by atoms with Gasteiger partial charge in [-0.25, -0.2) is 0 Å². The molecule has 1 aliphatic rings. The Balaban J connectivity index is 2.16. The lowest BCUT2D eigenvalue weighted by Crippen LogP contribution is -2.36. The zero-order chi connectivity index (χ0) is 18.4. The smallest absolute Gasteiger partial charge is 0.264 e. The molecule has 2 atom stereocenters. The van der Waals surface area contributed by atoms with E-state index in [1.165, 1.54) is 0 Å². The van der Waals surface area contributed by atoms with E-state index < -0.39 is 22.3 Å². The number of rotatable bonds is 4. The van der Waals surface area contributed by atoms with Crippen molar-refractivity contribution in [1.82, 2.24) is 4.98 Å². The maximum Gasteiger partial charge on any atom is 0.264 e. The Kier molecular flexibility index (Phi) is 4.38. The van der Waals surface area contributed by atoms with E-state index in [-0.39, 0.29) is 5.91 Å². The Morgan fingerprint density at radius 3 is 2.52 bits per heavy atom. The predicted molar refractivity (Wildman–Crippen MR) is 95.1 cm³/mol. The highest BCUT2D eigenvalue weighted by atomic mass is 32.2. The van der Waals surface area contributed by atoms with Gasteiger partial charge in [0.2, 0.25) is 0 Å². The summed E-state index contributed by atoms with van der Waals surface area (Å²) >= 11 is 0. The number of hydrogen-bond donors (Lipinski definition) is 0. The van der Waals surface area contributed by atoms with Gasteiger partial charge in [-0.2, -0.15) is 8.42 Å². The zero-order valence-electron chi connectivity index (χ0n) is 14.6. The molecule has 1 aromatic heterocycles. The molecule has 0 radical (unpaired) electrons. The molecule has 0 N–H and O–H groups in total. The van der Waals surface area contributed by atoms with Crippen LogP contribution in [0.15, 0.2) is 36.7 Å². The number of fused-ring (bicyclic) bond motifs is 1. The van der Waals surface area contributed by atoms with Crippen molar-refractivity contribution in [2.24, 2.45) is 0 Å². The second kappa shape index (κ2) is 6.24. The topological polar surface area (TPSA) is 76.6 Å². The molecule has 2 heterocycles. The van der Waals surface area contributed by atoms with Crippen molar-refractivity contribution < 1.29 is 17.4 Å². The summed E-state index contributed by atoms with van der Waals surface area (Å²) in [4.78, 5) is 18.7. The summed E-state index contributed by atoms with van der Waals surface area (Å²) in [6.45, 7) is 5.57. The Morgan fingerprint density at radius 1 is 1.24 bits per heavy atom. The Hall–Kier alpha value is -2.25. The third kappa shape index (κ3) is 3.29. The molecule has 0 fully saturated rings. The first-order chi connectivity index (χ1) is 11.7. The Labute approximate surface area is 147 Å². The van der Waals surface area contributed by atoms with E-state index in [0.717, 1.165) is 22.9 Å². The van der Waals surface area contributed by atoms with Crippen molar-refractivity contribution in [3.05, 3.63) is 58.9 Å². The van der Waals surface area contributed by atoms with E-state index in [1.54, 1.807) is 36.4 Å². The molecular formula is C18H20N2O4S. The fourth-order valence-corrected chi connectivity index (χ4v) is 3.89. The van der Waals surface area contributed by atoms with Crippen LogP contribution in [0.25, 0.3) is 0 Å². The minimum absolute atomic E-state index is 0.181. The van der Waals surface area contributed by atoms with Gasteiger partial charge in [-0.1, -0.05) is 6.07 Å². The first kappa shape index (κ1) is 17.6. The van der Waals surface area contributed by atoms with Crippen molar-refractivity contribution in [2.75, 3.05) is 11.2 Å². The van der Waals surface area contributed by atoms with Crippen LogP contribution in [0.2, 0.25) is 0 Å². The average Bonchev–Trinajstić information content (AvgIpc) is 2.80. The van der Waals surface area contributed by atoms with E-state index in [0.29, 0.717) is 11.3 Å². The van der Waals surface area contributed by atoms with Gasteiger partial charge in [-0.05, 0) is 55.7 Å². The maximum absolute atomic E-state index is 13.0. The van der Waals surface area contributed by atoms with Crippen LogP contribution in [0, 0.1) is 13.8 Å². The zero-order valence-corrected chi connectivity index (χ0v) is 15.4. The lowest BCUT2D eigenvalue weighted by atomic mass is 9.96. The van der Waals surface area contributed by atoms with E-state index >= 15 is 0 Å². The van der Waals surface area contributed by atoms with Crippen molar-refractivity contribution in [3.63, 3.8) is 0 Å². The van der Waals surface area contributed by atoms with Gasteiger partial charge in [-0.3, -0.25) is 18.9 Å². The predicted octanol–water partition coefficient (Wildman–Crippen LogP) is 2.76. The van der Waals surface area contributed by atoms with Crippen LogP contribution in [0.3, 0.4) is 0 Å². The maximum atomic E-state index is 13.0. The molecule has 25 heavy (non-hydrogen) atoms. The van der Waals surface area contributed by atoms with Crippen molar-refractivity contribution in [1.29, 1.82) is 0 Å². The lowest BCUT2D eigenvalue weighted by molar-refractivity contribution is 0.0971. The summed E-state index contributed by atoms with van der Waals surface area (Å²) < 4.78 is 28.4. The molecule has 1 amide bonds. The Bertz CT molecular complexity index is 926. The number of benzene rings is 1. The number of pyridine rings is 1. The molecule has 1 aliphatic heterocycles. The highest BCUT2D eigenvalue weighted by Crippen LogP contribution is 2.41. The first-order valence-corrected chi connectivity index (χ1v) is 9.73. The normalized spacial score (nSPS) is 18.3. The Morgan fingerprint density at radius 2 is 1.92 bits per heavy atom. The summed E-state index contributed by atoms with van der Waals surface area (Å²) in [6.07, 6.45) is 3.49. The molecule has 0 spiro atoms. The van der Waals surface area contributed by atoms with E-state index in [2.05, 4.69) is 4.98 Å². The van der Waals surface area contributed by atoms with Crippen LogP contribution < -0.4 is 4.90 Å². The molecule has 2 aromatic rings. The van der Waals surface area contributed by atoms with Gasteiger partial charge in [0.05, 0.1) is 30.3 Å². The van der Waals surface area contributed by atoms with Gasteiger partial charge < -0.3 is 0 Å². The van der Waals surface area contributed by atoms with E-state index in [4.69, 9.17) is 4.18 Å². The van der Waals surface area contributed by atoms with Crippen LogP contribution in [0.5, 0.6) is 0 Å². The largest absolute Gasteiger partial charge is 0.297 e. The number of anilines is 1. The molecule has 0 bridgehead atoms. The minimum Gasteiger partial charge on any atom is -0.297 e. The summed E-state index contributed by atoms with van der Waals surface area (Å²) in [5, 5.41) is 0. The van der Waals surface area contributed by atoms with Crippen molar-refractivity contribution in [2.45, 2.75) is 32.9 Å². The van der Waals surface area contributed by atoms with Crippen LogP contribution in [-0.4, -0.2) is 31.7 Å². The second-order valence-electron chi connectivity index (χ2n) is 6.36. The third-order valence-corrected chi connectivity index (χ3v) is 5.06. The molecule has 132 valence electrons. The van der Waals surface area contributed by atoms with Crippen molar-refractivity contribution >= 4 is 21.7 Å². The number of carbonyl (C=O) groups excluding carboxylic acids is 1. The fraction of sp³-hybridized carbons (Fsp3) is 0.333. The summed E-state index contributed by atoms with van der Waals surface area (Å²) in [5.41, 5.74) is 3.99. The summed E-state index contributed by atoms with van der Waals surface area (Å²) in [6, 6.07) is 6.76. The van der Waals surface area contributed by atoms with Gasteiger partial charge >= 0.3 is 0 Å². The second-order valence-corrected chi connectivity index (χ2v) is 7.96. The van der Waals surface area contributed by atoms with Gasteiger partial charge in [0.25, 0.3) is 16.0 Å². The fourth-order valence-electron chi connectivity index (χ4n) is 3.23. The van der Waals surface area contributed by atoms with Crippen LogP contribution in [0.4, 0.5) is 5.69 Å².